The number of hydrogen-bond donors (Lipinski definition) is 1. The Morgan fingerprint density at radius 3 is 2.83 bits per heavy atom. The number of anilines is 1. The molecule has 1 heterocycles. The molecule has 0 amide bonds. The summed E-state index contributed by atoms with van der Waals surface area (Å²) in [4.78, 5) is 13.6. The van der Waals surface area contributed by atoms with Crippen LogP contribution < -0.4 is 9.64 Å². The molecule has 2 aliphatic rings. The minimum atomic E-state index is -0.710. The van der Waals surface area contributed by atoms with E-state index in [0.29, 0.717) is 6.61 Å². The van der Waals surface area contributed by atoms with Gasteiger partial charge in [-0.2, -0.15) is 0 Å². The molecule has 0 spiro atoms. The number of likely N-dealkylation sites (N-methyl/N-ethyl adjacent to an activating group) is 1. The van der Waals surface area contributed by atoms with Gasteiger partial charge in [0.15, 0.2) is 0 Å². The number of nitrogens with zero attached hydrogens (tertiary/aromatic N) is 1. The maximum absolute atomic E-state index is 11.5. The van der Waals surface area contributed by atoms with Crippen LogP contribution in [-0.2, 0) is 10.2 Å². The lowest BCUT2D eigenvalue weighted by Crippen LogP contribution is -2.42. The van der Waals surface area contributed by atoms with Crippen molar-refractivity contribution in [2.24, 2.45) is 0 Å². The van der Waals surface area contributed by atoms with Gasteiger partial charge in [0.05, 0.1) is 17.6 Å². The topological polar surface area (TPSA) is 49.8 Å². The van der Waals surface area contributed by atoms with Gasteiger partial charge in [0.25, 0.3) is 0 Å². The summed E-state index contributed by atoms with van der Waals surface area (Å²) in [6, 6.07) is 5.84. The molecule has 1 aromatic carbocycles. The summed E-state index contributed by atoms with van der Waals surface area (Å²) in [6.07, 6.45) is 2.46. The van der Waals surface area contributed by atoms with Gasteiger partial charge >= 0.3 is 5.97 Å². The molecule has 0 unspecified atom stereocenters. The Hall–Kier alpha value is -1.71. The number of ether oxygens (including phenoxy) is 1. The van der Waals surface area contributed by atoms with Crippen molar-refractivity contribution in [2.75, 3.05) is 25.1 Å². The van der Waals surface area contributed by atoms with E-state index in [1.807, 2.05) is 25.2 Å². The van der Waals surface area contributed by atoms with Crippen molar-refractivity contribution >= 4 is 11.7 Å². The lowest BCUT2D eigenvalue weighted by atomic mass is 9.64. The third kappa shape index (κ3) is 1.48. The summed E-state index contributed by atoms with van der Waals surface area (Å²) in [6.45, 7) is 1.53. The molecule has 0 aromatic heterocycles. The monoisotopic (exact) mass is 247 g/mol. The molecular weight excluding hydrogens is 230 g/mol. The third-order valence-electron chi connectivity index (χ3n) is 4.22. The number of rotatable bonds is 2. The van der Waals surface area contributed by atoms with Gasteiger partial charge < -0.3 is 14.7 Å². The second kappa shape index (κ2) is 3.90. The fraction of sp³-hybridized carbons (Fsp3) is 0.500. The minimum absolute atomic E-state index is 0.660. The molecule has 0 radical (unpaired) electrons. The molecule has 0 bridgehead atoms. The molecule has 1 N–H and O–H groups in total. The second-order valence-corrected chi connectivity index (χ2v) is 5.19. The van der Waals surface area contributed by atoms with Gasteiger partial charge in [0, 0.05) is 7.05 Å². The summed E-state index contributed by atoms with van der Waals surface area (Å²) in [5.41, 5.74) is 1.26. The number of aliphatic carboxylic acids is 1. The summed E-state index contributed by atoms with van der Waals surface area (Å²) >= 11 is 0. The van der Waals surface area contributed by atoms with Gasteiger partial charge in [0.1, 0.15) is 12.4 Å². The number of carbonyl (C=O) groups is 1. The molecule has 3 rings (SSSR count). The number of carboxylic acids is 1. The molecule has 4 heteroatoms. The Bertz CT molecular complexity index is 494. The predicted octanol–water partition coefficient (Wildman–Crippen LogP) is 2.02. The van der Waals surface area contributed by atoms with Gasteiger partial charge in [-0.25, -0.2) is 0 Å². The standard InChI is InChI=1S/C14H17NO3/c1-15-7-8-18-12-9-10(3-4-11(12)15)14(13(16)17)5-2-6-14/h3-4,9H,2,5-8H2,1H3,(H,16,17). The highest BCUT2D eigenvalue weighted by Gasteiger charge is 2.46. The number of benzene rings is 1. The largest absolute Gasteiger partial charge is 0.490 e. The van der Waals surface area contributed by atoms with Crippen LogP contribution in [0.15, 0.2) is 18.2 Å². The van der Waals surface area contributed by atoms with Crippen molar-refractivity contribution < 1.29 is 14.6 Å². The zero-order chi connectivity index (χ0) is 12.8. The Balaban J connectivity index is 2.02. The number of hydrogen-bond acceptors (Lipinski definition) is 3. The van der Waals surface area contributed by atoms with E-state index >= 15 is 0 Å². The molecule has 1 aromatic rings. The van der Waals surface area contributed by atoms with E-state index in [4.69, 9.17) is 4.74 Å². The molecule has 96 valence electrons. The SMILES string of the molecule is CN1CCOc2cc(C3(C(=O)O)CCC3)ccc21. The predicted molar refractivity (Wildman–Crippen MR) is 68.4 cm³/mol. The van der Waals surface area contributed by atoms with Crippen LogP contribution in [0, 0.1) is 0 Å². The van der Waals surface area contributed by atoms with Crippen LogP contribution in [0.25, 0.3) is 0 Å². The fourth-order valence-corrected chi connectivity index (χ4v) is 2.81. The highest BCUT2D eigenvalue weighted by molar-refractivity contribution is 5.83. The van der Waals surface area contributed by atoms with Crippen LogP contribution in [0.2, 0.25) is 0 Å². The molecule has 1 fully saturated rings. The Morgan fingerprint density at radius 2 is 2.22 bits per heavy atom. The highest BCUT2D eigenvalue weighted by Crippen LogP contribution is 2.46. The minimum Gasteiger partial charge on any atom is -0.490 e. The van der Waals surface area contributed by atoms with Gasteiger partial charge in [-0.15, -0.1) is 0 Å². The molecule has 4 nitrogen and oxygen atoms in total. The van der Waals surface area contributed by atoms with Crippen molar-refractivity contribution in [3.05, 3.63) is 23.8 Å². The Kier molecular flexibility index (Phi) is 2.47. The van der Waals surface area contributed by atoms with E-state index in [1.54, 1.807) is 0 Å². The second-order valence-electron chi connectivity index (χ2n) is 5.19. The van der Waals surface area contributed by atoms with E-state index < -0.39 is 11.4 Å². The van der Waals surface area contributed by atoms with Crippen molar-refractivity contribution in [1.29, 1.82) is 0 Å². The molecule has 1 saturated carbocycles. The van der Waals surface area contributed by atoms with E-state index in [1.165, 1.54) is 0 Å². The van der Waals surface area contributed by atoms with Crippen LogP contribution in [0.5, 0.6) is 5.75 Å². The van der Waals surface area contributed by atoms with Crippen LogP contribution in [0.1, 0.15) is 24.8 Å². The third-order valence-corrected chi connectivity index (χ3v) is 4.22. The Labute approximate surface area is 106 Å². The maximum Gasteiger partial charge on any atom is 0.314 e. The first-order valence-electron chi connectivity index (χ1n) is 6.35. The Morgan fingerprint density at radius 1 is 1.44 bits per heavy atom. The molecule has 18 heavy (non-hydrogen) atoms. The first kappa shape index (κ1) is 11.4. The van der Waals surface area contributed by atoms with E-state index in [9.17, 15) is 9.90 Å². The first-order chi connectivity index (χ1) is 8.63. The lowest BCUT2D eigenvalue weighted by Gasteiger charge is -2.39. The van der Waals surface area contributed by atoms with Crippen molar-refractivity contribution in [3.8, 4) is 5.75 Å². The molecule has 0 atom stereocenters. The highest BCUT2D eigenvalue weighted by atomic mass is 16.5. The molecule has 1 aliphatic heterocycles. The number of carboxylic acid groups (broad SMARTS) is 1. The summed E-state index contributed by atoms with van der Waals surface area (Å²) in [5, 5.41) is 9.44. The van der Waals surface area contributed by atoms with Gasteiger partial charge in [-0.05, 0) is 30.5 Å². The van der Waals surface area contributed by atoms with E-state index in [-0.39, 0.29) is 0 Å². The van der Waals surface area contributed by atoms with Crippen LogP contribution in [0.4, 0.5) is 5.69 Å². The van der Waals surface area contributed by atoms with E-state index in [0.717, 1.165) is 42.8 Å². The lowest BCUT2D eigenvalue weighted by molar-refractivity contribution is -0.147. The van der Waals surface area contributed by atoms with Crippen LogP contribution in [-0.4, -0.2) is 31.3 Å². The summed E-state index contributed by atoms with van der Waals surface area (Å²) < 4.78 is 5.64. The zero-order valence-electron chi connectivity index (χ0n) is 10.5. The van der Waals surface area contributed by atoms with Gasteiger partial charge in [-0.3, -0.25) is 4.79 Å². The van der Waals surface area contributed by atoms with Crippen molar-refractivity contribution in [3.63, 3.8) is 0 Å². The smallest absolute Gasteiger partial charge is 0.314 e. The van der Waals surface area contributed by atoms with Crippen molar-refractivity contribution in [2.45, 2.75) is 24.7 Å². The van der Waals surface area contributed by atoms with Crippen LogP contribution in [0.3, 0.4) is 0 Å². The zero-order valence-corrected chi connectivity index (χ0v) is 10.5. The fourth-order valence-electron chi connectivity index (χ4n) is 2.81. The van der Waals surface area contributed by atoms with Crippen LogP contribution >= 0.6 is 0 Å². The molecular formula is C14H17NO3. The number of fused-ring (bicyclic) bond motifs is 1. The van der Waals surface area contributed by atoms with Gasteiger partial charge in [0.2, 0.25) is 0 Å². The summed E-state index contributed by atoms with van der Waals surface area (Å²) in [5.74, 6) is 0.103. The van der Waals surface area contributed by atoms with Gasteiger partial charge in [-0.1, -0.05) is 12.5 Å². The van der Waals surface area contributed by atoms with E-state index in [2.05, 4.69) is 4.90 Å². The first-order valence-corrected chi connectivity index (χ1v) is 6.35. The normalized spacial score (nSPS) is 20.6. The maximum atomic E-state index is 11.5. The summed E-state index contributed by atoms with van der Waals surface area (Å²) in [7, 11) is 2.03. The average Bonchev–Trinajstić information content (AvgIpc) is 2.27. The average molecular weight is 247 g/mol. The quantitative estimate of drug-likeness (QED) is 0.868. The molecule has 1 aliphatic carbocycles. The molecule has 0 saturated heterocycles. The van der Waals surface area contributed by atoms with Crippen molar-refractivity contribution in [1.82, 2.24) is 0 Å².